The maximum Gasteiger partial charge on any atom is 0.416 e. The largest absolute Gasteiger partial charge is 0.457 e. The van der Waals surface area contributed by atoms with Crippen molar-refractivity contribution in [1.82, 2.24) is 9.88 Å². The minimum Gasteiger partial charge on any atom is -0.457 e. The molecule has 0 radical (unpaired) electrons. The zero-order valence-corrected chi connectivity index (χ0v) is 23.2. The molecule has 0 aliphatic carbocycles. The first-order valence-electron chi connectivity index (χ1n) is 13.7. The predicted molar refractivity (Wildman–Crippen MR) is 159 cm³/mol. The molecule has 1 fully saturated rings. The number of nitrogens with one attached hydrogen (secondary N) is 3. The summed E-state index contributed by atoms with van der Waals surface area (Å²) in [5, 5.41) is 5.54. The van der Waals surface area contributed by atoms with E-state index in [1.807, 2.05) is 24.1 Å². The highest BCUT2D eigenvalue weighted by atomic mass is 19.4. The van der Waals surface area contributed by atoms with Crippen molar-refractivity contribution in [2.24, 2.45) is 0 Å². The molecule has 0 spiro atoms. The molecule has 3 N–H and O–H groups in total. The van der Waals surface area contributed by atoms with Crippen molar-refractivity contribution in [3.05, 3.63) is 101 Å². The van der Waals surface area contributed by atoms with Crippen molar-refractivity contribution in [3.8, 4) is 11.5 Å². The number of carbonyl (C=O) groups excluding carboxylic acids is 2. The molecule has 11 heteroatoms. The molecule has 1 saturated heterocycles. The SMILES string of the molecule is CN1CCN(c2cc(C(=O)Nc3cccc(Oc4ccc5c(c4)NC(=O)/C5=C\c4ccc[nH]4)c3)cc(C(F)(F)F)c2)CC1. The first-order chi connectivity index (χ1) is 20.6. The minimum atomic E-state index is -4.60. The molecular formula is C32H28F3N5O3. The fourth-order valence-electron chi connectivity index (χ4n) is 5.10. The summed E-state index contributed by atoms with van der Waals surface area (Å²) in [6.45, 7) is 2.56. The number of carbonyl (C=O) groups is 2. The van der Waals surface area contributed by atoms with Crippen LogP contribution in [0.3, 0.4) is 0 Å². The van der Waals surface area contributed by atoms with Gasteiger partial charge in [-0.2, -0.15) is 13.2 Å². The van der Waals surface area contributed by atoms with Gasteiger partial charge in [-0.1, -0.05) is 6.07 Å². The summed E-state index contributed by atoms with van der Waals surface area (Å²) in [6, 6.07) is 18.9. The molecule has 2 amide bonds. The first kappa shape index (κ1) is 28.1. The van der Waals surface area contributed by atoms with Crippen LogP contribution in [0.1, 0.15) is 27.2 Å². The molecule has 220 valence electrons. The molecule has 43 heavy (non-hydrogen) atoms. The van der Waals surface area contributed by atoms with E-state index < -0.39 is 17.6 Å². The van der Waals surface area contributed by atoms with E-state index in [1.165, 1.54) is 6.07 Å². The van der Waals surface area contributed by atoms with Gasteiger partial charge in [0, 0.05) is 72.7 Å². The van der Waals surface area contributed by atoms with E-state index in [9.17, 15) is 22.8 Å². The maximum absolute atomic E-state index is 13.7. The zero-order chi connectivity index (χ0) is 30.1. The number of aromatic nitrogens is 1. The Kier molecular flexibility index (Phi) is 7.41. The Balaban J connectivity index is 1.19. The lowest BCUT2D eigenvalue weighted by Crippen LogP contribution is -2.44. The van der Waals surface area contributed by atoms with E-state index >= 15 is 0 Å². The number of likely N-dealkylation sites (N-methyl/N-ethyl adjacent to an activating group) is 1. The van der Waals surface area contributed by atoms with Gasteiger partial charge in [-0.05, 0) is 67.7 Å². The Hall–Kier alpha value is -5.03. The van der Waals surface area contributed by atoms with E-state index in [0.29, 0.717) is 60.3 Å². The van der Waals surface area contributed by atoms with Gasteiger partial charge in [0.15, 0.2) is 0 Å². The Labute approximate surface area is 245 Å². The van der Waals surface area contributed by atoms with Gasteiger partial charge in [-0.25, -0.2) is 0 Å². The number of piperazine rings is 1. The van der Waals surface area contributed by atoms with Crippen molar-refractivity contribution in [2.75, 3.05) is 48.8 Å². The molecule has 0 unspecified atom stereocenters. The molecule has 4 aromatic rings. The van der Waals surface area contributed by atoms with Crippen LogP contribution in [0.2, 0.25) is 0 Å². The summed E-state index contributed by atoms with van der Waals surface area (Å²) in [5.41, 5.74) is 2.42. The monoisotopic (exact) mass is 587 g/mol. The lowest BCUT2D eigenvalue weighted by molar-refractivity contribution is -0.137. The number of hydrogen-bond acceptors (Lipinski definition) is 5. The number of benzene rings is 3. The van der Waals surface area contributed by atoms with Crippen LogP contribution in [0, 0.1) is 0 Å². The van der Waals surface area contributed by atoms with Gasteiger partial charge in [0.1, 0.15) is 11.5 Å². The number of alkyl halides is 3. The van der Waals surface area contributed by atoms with Gasteiger partial charge in [0.05, 0.1) is 16.8 Å². The normalized spacial score (nSPS) is 16.2. The van der Waals surface area contributed by atoms with Gasteiger partial charge < -0.3 is 30.2 Å². The average Bonchev–Trinajstić information content (AvgIpc) is 3.60. The highest BCUT2D eigenvalue weighted by Gasteiger charge is 2.33. The molecule has 6 rings (SSSR count). The molecule has 0 saturated carbocycles. The molecule has 3 aromatic carbocycles. The van der Waals surface area contributed by atoms with Crippen molar-refractivity contribution in [2.45, 2.75) is 6.18 Å². The lowest BCUT2D eigenvalue weighted by atomic mass is 10.1. The fraction of sp³-hybridized carbons (Fsp3) is 0.188. The predicted octanol–water partition coefficient (Wildman–Crippen LogP) is 6.32. The number of anilines is 3. The summed E-state index contributed by atoms with van der Waals surface area (Å²) >= 11 is 0. The number of ether oxygens (including phenoxy) is 1. The van der Waals surface area contributed by atoms with Gasteiger partial charge in [0.25, 0.3) is 11.8 Å². The average molecular weight is 588 g/mol. The molecule has 1 aromatic heterocycles. The van der Waals surface area contributed by atoms with Crippen LogP contribution in [0.5, 0.6) is 11.5 Å². The van der Waals surface area contributed by atoms with E-state index in [4.69, 9.17) is 4.74 Å². The standard InChI is InChI=1S/C32H28F3N5O3/c1-39-10-12-40(13-11-39)24-15-20(14-21(16-24)32(33,34)35)30(41)37-23-4-2-6-25(17-23)43-26-7-8-27-28(18-22-5-3-9-36-22)31(42)38-29(27)19-26/h2-9,14-19,36H,10-13H2,1H3,(H,37,41)(H,38,42)/b28-18-. The van der Waals surface area contributed by atoms with Gasteiger partial charge in [0.2, 0.25) is 0 Å². The van der Waals surface area contributed by atoms with Crippen LogP contribution < -0.4 is 20.3 Å². The highest BCUT2D eigenvalue weighted by Crippen LogP contribution is 2.37. The summed E-state index contributed by atoms with van der Waals surface area (Å²) in [5.74, 6) is -0.0400. The Morgan fingerprint density at radius 2 is 1.74 bits per heavy atom. The van der Waals surface area contributed by atoms with Crippen LogP contribution in [-0.4, -0.2) is 54.9 Å². The summed E-state index contributed by atoms with van der Waals surface area (Å²) in [7, 11) is 1.96. The second-order valence-electron chi connectivity index (χ2n) is 10.5. The highest BCUT2D eigenvalue weighted by molar-refractivity contribution is 6.34. The minimum absolute atomic E-state index is 0.0901. The van der Waals surface area contributed by atoms with Gasteiger partial charge in [-0.3, -0.25) is 9.59 Å². The Bertz CT molecular complexity index is 1710. The smallest absolute Gasteiger partial charge is 0.416 e. The third-order valence-electron chi connectivity index (χ3n) is 7.40. The summed E-state index contributed by atoms with van der Waals surface area (Å²) < 4.78 is 47.2. The van der Waals surface area contributed by atoms with E-state index in [2.05, 4.69) is 20.5 Å². The van der Waals surface area contributed by atoms with E-state index in [1.54, 1.807) is 54.7 Å². The fourth-order valence-corrected chi connectivity index (χ4v) is 5.10. The van der Waals surface area contributed by atoms with Crippen LogP contribution in [0.4, 0.5) is 30.2 Å². The van der Waals surface area contributed by atoms with Crippen molar-refractivity contribution >= 4 is 40.5 Å². The van der Waals surface area contributed by atoms with E-state index in [-0.39, 0.29) is 11.5 Å². The molecule has 0 atom stereocenters. The summed E-state index contributed by atoms with van der Waals surface area (Å²) in [6.07, 6.45) is -1.05. The van der Waals surface area contributed by atoms with Crippen molar-refractivity contribution in [1.29, 1.82) is 0 Å². The first-order valence-corrected chi connectivity index (χ1v) is 13.7. The molecule has 3 heterocycles. The topological polar surface area (TPSA) is 89.7 Å². The second kappa shape index (κ2) is 11.3. The molecule has 2 aliphatic rings. The number of hydrogen-bond donors (Lipinski definition) is 3. The quantitative estimate of drug-likeness (QED) is 0.230. The number of nitrogens with zero attached hydrogens (tertiary/aromatic N) is 2. The van der Waals surface area contributed by atoms with Gasteiger partial charge >= 0.3 is 6.18 Å². The lowest BCUT2D eigenvalue weighted by Gasteiger charge is -2.34. The number of amides is 2. The second-order valence-corrected chi connectivity index (χ2v) is 10.5. The third kappa shape index (κ3) is 6.26. The third-order valence-corrected chi connectivity index (χ3v) is 7.40. The van der Waals surface area contributed by atoms with Crippen molar-refractivity contribution in [3.63, 3.8) is 0 Å². The van der Waals surface area contributed by atoms with Crippen LogP contribution in [0.15, 0.2) is 79.0 Å². The van der Waals surface area contributed by atoms with Crippen LogP contribution in [0.25, 0.3) is 11.6 Å². The molecule has 0 bridgehead atoms. The molecule has 8 nitrogen and oxygen atoms in total. The van der Waals surface area contributed by atoms with Crippen LogP contribution in [-0.2, 0) is 11.0 Å². The number of halogens is 3. The maximum atomic E-state index is 13.7. The number of H-pyrrole nitrogens is 1. The van der Waals surface area contributed by atoms with Gasteiger partial charge in [-0.15, -0.1) is 0 Å². The van der Waals surface area contributed by atoms with Crippen LogP contribution >= 0.6 is 0 Å². The Morgan fingerprint density at radius 1 is 0.953 bits per heavy atom. The van der Waals surface area contributed by atoms with Crippen molar-refractivity contribution < 1.29 is 27.5 Å². The number of rotatable bonds is 6. The number of fused-ring (bicyclic) bond motifs is 1. The van der Waals surface area contributed by atoms with E-state index in [0.717, 1.165) is 23.4 Å². The summed E-state index contributed by atoms with van der Waals surface area (Å²) in [4.78, 5) is 32.7. The Morgan fingerprint density at radius 3 is 2.49 bits per heavy atom. The number of aromatic amines is 1. The molecular weight excluding hydrogens is 559 g/mol. The zero-order valence-electron chi connectivity index (χ0n) is 23.2. The molecule has 2 aliphatic heterocycles.